The van der Waals surface area contributed by atoms with E-state index in [-0.39, 0.29) is 11.6 Å². The quantitative estimate of drug-likeness (QED) is 0.305. The molecule has 0 saturated carbocycles. The van der Waals surface area contributed by atoms with Crippen molar-refractivity contribution in [2.45, 2.75) is 0 Å². The van der Waals surface area contributed by atoms with E-state index in [1.165, 1.54) is 0 Å². The third-order valence-corrected chi connectivity index (χ3v) is 4.62. The Kier molecular flexibility index (Phi) is 7.18. The topological polar surface area (TPSA) is 129 Å². The van der Waals surface area contributed by atoms with Crippen LogP contribution < -0.4 is 16.4 Å². The number of carbonyl (C=O) groups excluding carboxylic acids is 1. The van der Waals surface area contributed by atoms with Crippen molar-refractivity contribution in [3.05, 3.63) is 60.6 Å². The summed E-state index contributed by atoms with van der Waals surface area (Å²) in [5.74, 6) is 0.839. The van der Waals surface area contributed by atoms with Crippen molar-refractivity contribution >= 4 is 34.2 Å². The first kappa shape index (κ1) is 21.6. The van der Waals surface area contributed by atoms with Crippen LogP contribution in [0.2, 0.25) is 0 Å². The Morgan fingerprint density at radius 3 is 2.66 bits per heavy atom. The zero-order chi connectivity index (χ0) is 22.2. The summed E-state index contributed by atoms with van der Waals surface area (Å²) in [4.78, 5) is 25.8. The lowest BCUT2D eigenvalue weighted by Gasteiger charge is -2.08. The van der Waals surface area contributed by atoms with Crippen molar-refractivity contribution in [3.8, 4) is 0 Å². The summed E-state index contributed by atoms with van der Waals surface area (Å²) in [5.41, 5.74) is 7.97. The van der Waals surface area contributed by atoms with Gasteiger partial charge in [-0.2, -0.15) is 0 Å². The molecule has 0 unspecified atom stereocenters. The fourth-order valence-corrected chi connectivity index (χ4v) is 3.10. The molecule has 0 aliphatic heterocycles. The maximum absolute atomic E-state index is 12.6. The maximum atomic E-state index is 12.6. The molecule has 4 aromatic rings. The first-order chi connectivity index (χ1) is 15.7. The Bertz CT molecular complexity index is 1180. The number of pyridine rings is 1. The predicted molar refractivity (Wildman–Crippen MR) is 122 cm³/mol. The van der Waals surface area contributed by atoms with E-state index in [2.05, 4.69) is 25.6 Å². The van der Waals surface area contributed by atoms with E-state index in [4.69, 9.17) is 15.2 Å². The van der Waals surface area contributed by atoms with Gasteiger partial charge in [-0.3, -0.25) is 9.20 Å². The van der Waals surface area contributed by atoms with Gasteiger partial charge in [-0.05, 0) is 30.3 Å². The average Bonchev–Trinajstić information content (AvgIpc) is 3.19. The summed E-state index contributed by atoms with van der Waals surface area (Å²) in [7, 11) is 0. The molecule has 1 amide bonds. The molecule has 10 heteroatoms. The average molecular weight is 435 g/mol. The van der Waals surface area contributed by atoms with Crippen molar-refractivity contribution in [1.82, 2.24) is 19.4 Å². The number of nitrogens with one attached hydrogen (secondary N) is 2. The Balaban J connectivity index is 1.28. The zero-order valence-electron chi connectivity index (χ0n) is 17.5. The standard InChI is InChI=1S/C22H25N7O3/c23-8-11-31-13-14-32-12-9-24-20-6-5-16(15-25-20)26-21(30)18-7-10-29-19-4-2-1-3-17(19)27-22(29)28-18/h1-7,10,15H,8-9,11-14,23H2,(H,24,25)(H,26,30). The number of benzene rings is 1. The number of rotatable bonds is 11. The number of fused-ring (bicyclic) bond motifs is 3. The molecule has 0 radical (unpaired) electrons. The number of anilines is 2. The summed E-state index contributed by atoms with van der Waals surface area (Å²) < 4.78 is 12.5. The van der Waals surface area contributed by atoms with Gasteiger partial charge in [0, 0.05) is 19.3 Å². The second-order valence-electron chi connectivity index (χ2n) is 6.91. The van der Waals surface area contributed by atoms with Crippen LogP contribution in [-0.4, -0.2) is 64.8 Å². The molecule has 4 rings (SSSR count). The van der Waals surface area contributed by atoms with Crippen molar-refractivity contribution < 1.29 is 14.3 Å². The Morgan fingerprint density at radius 2 is 1.84 bits per heavy atom. The maximum Gasteiger partial charge on any atom is 0.274 e. The highest BCUT2D eigenvalue weighted by molar-refractivity contribution is 6.03. The van der Waals surface area contributed by atoms with Crippen LogP contribution in [0.3, 0.4) is 0 Å². The van der Waals surface area contributed by atoms with Crippen molar-refractivity contribution in [2.24, 2.45) is 5.73 Å². The molecule has 10 nitrogen and oxygen atoms in total. The molecule has 0 aliphatic carbocycles. The summed E-state index contributed by atoms with van der Waals surface area (Å²) in [5, 5.41) is 5.97. The Hall–Kier alpha value is -3.60. The number of nitrogens with two attached hydrogens (primary N) is 1. The number of hydrogen-bond donors (Lipinski definition) is 3. The molecule has 32 heavy (non-hydrogen) atoms. The lowest BCUT2D eigenvalue weighted by atomic mass is 10.3. The van der Waals surface area contributed by atoms with E-state index in [9.17, 15) is 4.79 Å². The number of aromatic nitrogens is 4. The summed E-state index contributed by atoms with van der Waals surface area (Å²) >= 11 is 0. The van der Waals surface area contributed by atoms with Gasteiger partial charge in [-0.15, -0.1) is 0 Å². The number of hydrogen-bond acceptors (Lipinski definition) is 8. The summed E-state index contributed by atoms with van der Waals surface area (Å²) in [6, 6.07) is 13.0. The van der Waals surface area contributed by atoms with E-state index in [1.807, 2.05) is 28.7 Å². The van der Waals surface area contributed by atoms with Crippen LogP contribution >= 0.6 is 0 Å². The fourth-order valence-electron chi connectivity index (χ4n) is 3.10. The lowest BCUT2D eigenvalue weighted by Crippen LogP contribution is -2.16. The third-order valence-electron chi connectivity index (χ3n) is 4.62. The second kappa shape index (κ2) is 10.6. The van der Waals surface area contributed by atoms with Gasteiger partial charge in [0.1, 0.15) is 11.5 Å². The normalized spacial score (nSPS) is 11.2. The van der Waals surface area contributed by atoms with Crippen molar-refractivity contribution in [2.75, 3.05) is 50.2 Å². The van der Waals surface area contributed by atoms with Crippen molar-refractivity contribution in [1.29, 1.82) is 0 Å². The Labute approximate surface area is 184 Å². The van der Waals surface area contributed by atoms with E-state index in [1.54, 1.807) is 30.6 Å². The van der Waals surface area contributed by atoms with Gasteiger partial charge >= 0.3 is 0 Å². The van der Waals surface area contributed by atoms with E-state index >= 15 is 0 Å². The number of imidazole rings is 1. The molecule has 3 aromatic heterocycles. The number of para-hydroxylation sites is 2. The minimum Gasteiger partial charge on any atom is -0.378 e. The first-order valence-corrected chi connectivity index (χ1v) is 10.4. The monoisotopic (exact) mass is 435 g/mol. The molecule has 0 fully saturated rings. The van der Waals surface area contributed by atoms with Gasteiger partial charge in [0.25, 0.3) is 5.91 Å². The number of ether oxygens (including phenoxy) is 2. The van der Waals surface area contributed by atoms with Gasteiger partial charge in [-0.25, -0.2) is 15.0 Å². The highest BCUT2D eigenvalue weighted by Gasteiger charge is 2.12. The largest absolute Gasteiger partial charge is 0.378 e. The minimum atomic E-state index is -0.327. The second-order valence-corrected chi connectivity index (χ2v) is 6.91. The van der Waals surface area contributed by atoms with Crippen LogP contribution in [0.25, 0.3) is 16.8 Å². The van der Waals surface area contributed by atoms with Gasteiger partial charge in [0.2, 0.25) is 5.78 Å². The third kappa shape index (κ3) is 5.35. The predicted octanol–water partition coefficient (Wildman–Crippen LogP) is 1.93. The molecule has 0 aliphatic rings. The van der Waals surface area contributed by atoms with Gasteiger partial charge in [0.15, 0.2) is 0 Å². The molecule has 0 atom stereocenters. The molecular weight excluding hydrogens is 410 g/mol. The molecule has 0 bridgehead atoms. The van der Waals surface area contributed by atoms with Gasteiger partial charge in [0.05, 0.1) is 49.3 Å². The van der Waals surface area contributed by atoms with E-state index in [0.717, 1.165) is 11.0 Å². The lowest BCUT2D eigenvalue weighted by molar-refractivity contribution is 0.0547. The zero-order valence-corrected chi connectivity index (χ0v) is 17.5. The smallest absolute Gasteiger partial charge is 0.274 e. The van der Waals surface area contributed by atoms with Gasteiger partial charge in [-0.1, -0.05) is 12.1 Å². The summed E-state index contributed by atoms with van der Waals surface area (Å²) in [6.07, 6.45) is 3.38. The Morgan fingerprint density at radius 1 is 1.00 bits per heavy atom. The summed E-state index contributed by atoms with van der Waals surface area (Å²) in [6.45, 7) is 3.25. The number of carbonyl (C=O) groups is 1. The molecule has 1 aromatic carbocycles. The molecular formula is C22H25N7O3. The SMILES string of the molecule is NCCOCCOCCNc1ccc(NC(=O)c2ccn3c(n2)nc2ccccc23)cn1. The molecule has 166 valence electrons. The van der Waals surface area contributed by atoms with Crippen LogP contribution in [0, 0.1) is 0 Å². The van der Waals surface area contributed by atoms with Crippen LogP contribution in [0.1, 0.15) is 10.5 Å². The molecule has 0 spiro atoms. The van der Waals surface area contributed by atoms with Crippen molar-refractivity contribution in [3.63, 3.8) is 0 Å². The van der Waals surface area contributed by atoms with Crippen LogP contribution in [0.4, 0.5) is 11.5 Å². The first-order valence-electron chi connectivity index (χ1n) is 10.4. The van der Waals surface area contributed by atoms with Gasteiger partial charge < -0.3 is 25.8 Å². The van der Waals surface area contributed by atoms with E-state index < -0.39 is 0 Å². The van der Waals surface area contributed by atoms with Crippen LogP contribution in [0.15, 0.2) is 54.9 Å². The molecule has 4 N–H and O–H groups in total. The number of amides is 1. The van der Waals surface area contributed by atoms with Crippen LogP contribution in [-0.2, 0) is 9.47 Å². The molecule has 3 heterocycles. The molecule has 0 saturated heterocycles. The highest BCUT2D eigenvalue weighted by Crippen LogP contribution is 2.16. The van der Waals surface area contributed by atoms with E-state index in [0.29, 0.717) is 56.8 Å². The fraction of sp³-hybridized carbons (Fsp3) is 0.273. The minimum absolute atomic E-state index is 0.280. The van der Waals surface area contributed by atoms with Crippen LogP contribution in [0.5, 0.6) is 0 Å². The highest BCUT2D eigenvalue weighted by atomic mass is 16.5. The number of nitrogens with zero attached hydrogens (tertiary/aromatic N) is 4.